The van der Waals surface area contributed by atoms with Gasteiger partial charge in [-0.2, -0.15) is 0 Å². The molecule has 0 saturated carbocycles. The molecule has 1 aromatic carbocycles. The predicted molar refractivity (Wildman–Crippen MR) is 122 cm³/mol. The molecular weight excluding hydrogens is 408 g/mol. The van der Waals surface area contributed by atoms with Crippen molar-refractivity contribution >= 4 is 27.4 Å². The number of ether oxygens (including phenoxy) is 2. The van der Waals surface area contributed by atoms with E-state index in [-0.39, 0.29) is 0 Å². The van der Waals surface area contributed by atoms with Crippen LogP contribution in [0.4, 0.5) is 5.82 Å². The van der Waals surface area contributed by atoms with Crippen LogP contribution in [-0.2, 0) is 19.3 Å². The molecule has 156 valence electrons. The average Bonchev–Trinajstić information content (AvgIpc) is 3.43. The van der Waals surface area contributed by atoms with Crippen molar-refractivity contribution in [2.24, 2.45) is 0 Å². The number of hydrogen-bond acceptors (Lipinski definition) is 7. The smallest absolute Gasteiger partial charge is 0.231 e. The Morgan fingerprint density at radius 1 is 1.03 bits per heavy atom. The quantitative estimate of drug-likeness (QED) is 0.480. The van der Waals surface area contributed by atoms with E-state index >= 15 is 0 Å². The maximum absolute atomic E-state index is 5.51. The number of fused-ring (bicyclic) bond motifs is 4. The van der Waals surface area contributed by atoms with Crippen LogP contribution in [0.15, 0.2) is 42.7 Å². The first-order valence-corrected chi connectivity index (χ1v) is 11.5. The van der Waals surface area contributed by atoms with Crippen molar-refractivity contribution in [1.29, 1.82) is 0 Å². The van der Waals surface area contributed by atoms with Crippen LogP contribution in [0.3, 0.4) is 0 Å². The molecule has 31 heavy (non-hydrogen) atoms. The van der Waals surface area contributed by atoms with Crippen molar-refractivity contribution in [3.8, 4) is 22.9 Å². The van der Waals surface area contributed by atoms with Crippen molar-refractivity contribution in [2.45, 2.75) is 32.1 Å². The maximum atomic E-state index is 5.51. The zero-order chi connectivity index (χ0) is 20.6. The molecule has 2 aliphatic rings. The Kier molecular flexibility index (Phi) is 4.68. The molecule has 6 nitrogen and oxygen atoms in total. The molecule has 0 bridgehead atoms. The fourth-order valence-corrected chi connectivity index (χ4v) is 5.59. The summed E-state index contributed by atoms with van der Waals surface area (Å²) in [6, 6.07) is 10.1. The second-order valence-corrected chi connectivity index (χ2v) is 8.98. The number of nitrogens with zero attached hydrogens (tertiary/aromatic N) is 3. The molecule has 0 spiro atoms. The molecule has 0 unspecified atom stereocenters. The topological polar surface area (TPSA) is 69.2 Å². The van der Waals surface area contributed by atoms with Gasteiger partial charge in [-0.05, 0) is 67.5 Å². The molecular formula is C24H22N4O2S. The highest BCUT2D eigenvalue weighted by Gasteiger charge is 2.21. The maximum Gasteiger partial charge on any atom is 0.231 e. The molecule has 0 fully saturated rings. The zero-order valence-electron chi connectivity index (χ0n) is 17.1. The van der Waals surface area contributed by atoms with Gasteiger partial charge < -0.3 is 14.8 Å². The highest BCUT2D eigenvalue weighted by atomic mass is 32.1. The molecule has 6 rings (SSSR count). The molecule has 4 heterocycles. The molecule has 0 atom stereocenters. The largest absolute Gasteiger partial charge is 0.454 e. The summed E-state index contributed by atoms with van der Waals surface area (Å²) in [5, 5.41) is 4.82. The molecule has 4 aromatic rings. The Balaban J connectivity index is 1.33. The monoisotopic (exact) mass is 430 g/mol. The van der Waals surface area contributed by atoms with Crippen molar-refractivity contribution < 1.29 is 9.47 Å². The molecule has 3 aromatic heterocycles. The molecule has 0 radical (unpaired) electrons. The first-order valence-electron chi connectivity index (χ1n) is 10.7. The van der Waals surface area contributed by atoms with Gasteiger partial charge in [0.05, 0.1) is 5.39 Å². The van der Waals surface area contributed by atoms with Gasteiger partial charge in [-0.1, -0.05) is 6.07 Å². The van der Waals surface area contributed by atoms with Gasteiger partial charge in [-0.25, -0.2) is 9.97 Å². The van der Waals surface area contributed by atoms with Gasteiger partial charge in [0.2, 0.25) is 6.79 Å². The van der Waals surface area contributed by atoms with Crippen molar-refractivity contribution in [3.63, 3.8) is 0 Å². The van der Waals surface area contributed by atoms with Crippen molar-refractivity contribution in [3.05, 3.63) is 58.7 Å². The first-order chi connectivity index (χ1) is 15.3. The van der Waals surface area contributed by atoms with E-state index in [1.807, 2.05) is 35.7 Å². The summed E-state index contributed by atoms with van der Waals surface area (Å²) in [5.41, 5.74) is 3.59. The normalized spacial score (nSPS) is 14.6. The summed E-state index contributed by atoms with van der Waals surface area (Å²) in [6.07, 6.45) is 9.23. The number of thiophene rings is 1. The van der Waals surface area contributed by atoms with Crippen LogP contribution in [0.25, 0.3) is 21.6 Å². The van der Waals surface area contributed by atoms with E-state index in [4.69, 9.17) is 19.4 Å². The van der Waals surface area contributed by atoms with Gasteiger partial charge in [0.25, 0.3) is 0 Å². The van der Waals surface area contributed by atoms with Crippen molar-refractivity contribution in [2.75, 3.05) is 18.7 Å². The molecule has 7 heteroatoms. The highest BCUT2D eigenvalue weighted by Crippen LogP contribution is 2.39. The number of pyridine rings is 1. The van der Waals surface area contributed by atoms with E-state index in [9.17, 15) is 0 Å². The van der Waals surface area contributed by atoms with Gasteiger partial charge in [0.1, 0.15) is 10.6 Å². The number of anilines is 1. The standard InChI is InChI=1S/C24H22N4O2S/c1-2-6-20-17(5-1)21-23(26-11-9-15-7-8-18-19(12-15)30-14-29-18)27-22(28-24(21)31-20)16-4-3-10-25-13-16/h3-4,7-8,10,12-13H,1-2,5-6,9,11,14H2,(H,26,27,28). The summed E-state index contributed by atoms with van der Waals surface area (Å²) in [7, 11) is 0. The SMILES string of the molecule is c1cncc(-c2nc(NCCc3ccc4c(c3)OCO4)c3c4c(sc3n2)CCCC4)c1. The van der Waals surface area contributed by atoms with Crippen LogP contribution in [0, 0.1) is 0 Å². The first kappa shape index (κ1) is 18.6. The summed E-state index contributed by atoms with van der Waals surface area (Å²) < 4.78 is 10.9. The fourth-order valence-electron chi connectivity index (χ4n) is 4.33. The summed E-state index contributed by atoms with van der Waals surface area (Å²) >= 11 is 1.82. The number of nitrogens with one attached hydrogen (secondary N) is 1. The second kappa shape index (κ2) is 7.81. The van der Waals surface area contributed by atoms with Gasteiger partial charge in [-0.3, -0.25) is 4.98 Å². The Morgan fingerprint density at radius 2 is 1.97 bits per heavy atom. The van der Waals surface area contributed by atoms with Crippen LogP contribution in [0.5, 0.6) is 11.5 Å². The van der Waals surface area contributed by atoms with E-state index in [1.54, 1.807) is 6.20 Å². The van der Waals surface area contributed by atoms with E-state index in [2.05, 4.69) is 22.4 Å². The lowest BCUT2D eigenvalue weighted by Gasteiger charge is -2.13. The Hall–Kier alpha value is -3.19. The molecule has 1 N–H and O–H groups in total. The molecule has 1 aliphatic heterocycles. The Bertz CT molecular complexity index is 1260. The van der Waals surface area contributed by atoms with Crippen LogP contribution >= 0.6 is 11.3 Å². The summed E-state index contributed by atoms with van der Waals surface area (Å²) in [6.45, 7) is 1.08. The van der Waals surface area contributed by atoms with Crippen LogP contribution in [0.1, 0.15) is 28.8 Å². The highest BCUT2D eigenvalue weighted by molar-refractivity contribution is 7.19. The number of rotatable bonds is 5. The van der Waals surface area contributed by atoms with Gasteiger partial charge >= 0.3 is 0 Å². The Labute approximate surface area is 184 Å². The minimum atomic E-state index is 0.302. The molecule has 0 amide bonds. The number of aromatic nitrogens is 3. The number of aryl methyl sites for hydroxylation is 2. The van der Waals surface area contributed by atoms with Crippen LogP contribution in [0.2, 0.25) is 0 Å². The molecule has 0 saturated heterocycles. The third-order valence-electron chi connectivity index (χ3n) is 5.88. The lowest BCUT2D eigenvalue weighted by Crippen LogP contribution is -2.09. The van der Waals surface area contributed by atoms with Gasteiger partial charge in [-0.15, -0.1) is 11.3 Å². The second-order valence-electron chi connectivity index (χ2n) is 7.89. The minimum absolute atomic E-state index is 0.302. The summed E-state index contributed by atoms with van der Waals surface area (Å²) in [5.74, 6) is 3.31. The van der Waals surface area contributed by atoms with E-state index in [0.717, 1.165) is 59.3 Å². The van der Waals surface area contributed by atoms with Crippen molar-refractivity contribution in [1.82, 2.24) is 15.0 Å². The summed E-state index contributed by atoms with van der Waals surface area (Å²) in [4.78, 5) is 16.6. The third kappa shape index (κ3) is 3.49. The van der Waals surface area contributed by atoms with Gasteiger partial charge in [0.15, 0.2) is 17.3 Å². The molecule has 1 aliphatic carbocycles. The minimum Gasteiger partial charge on any atom is -0.454 e. The number of hydrogen-bond donors (Lipinski definition) is 1. The third-order valence-corrected chi connectivity index (χ3v) is 7.06. The van der Waals surface area contributed by atoms with Gasteiger partial charge in [0, 0.05) is 29.4 Å². The van der Waals surface area contributed by atoms with E-state index in [1.165, 1.54) is 34.2 Å². The van der Waals surface area contributed by atoms with E-state index < -0.39 is 0 Å². The van der Waals surface area contributed by atoms with Crippen LogP contribution < -0.4 is 14.8 Å². The fraction of sp³-hybridized carbons (Fsp3) is 0.292. The Morgan fingerprint density at radius 3 is 2.90 bits per heavy atom. The van der Waals surface area contributed by atoms with Crippen LogP contribution in [-0.4, -0.2) is 28.3 Å². The van der Waals surface area contributed by atoms with E-state index in [0.29, 0.717) is 6.79 Å². The zero-order valence-corrected chi connectivity index (χ0v) is 17.9. The lowest BCUT2D eigenvalue weighted by molar-refractivity contribution is 0.174. The number of benzene rings is 1. The lowest BCUT2D eigenvalue weighted by atomic mass is 9.97. The predicted octanol–water partition coefficient (Wildman–Crippen LogP) is 5.02. The average molecular weight is 431 g/mol.